The summed E-state index contributed by atoms with van der Waals surface area (Å²) in [6.07, 6.45) is 3.39. The van der Waals surface area contributed by atoms with Gasteiger partial charge in [-0.3, -0.25) is 0 Å². The van der Waals surface area contributed by atoms with Crippen LogP contribution in [0.15, 0.2) is 24.3 Å². The normalized spacial score (nSPS) is 17.2. The first-order valence-corrected chi connectivity index (χ1v) is 7.78. The number of nitrogens with one attached hydrogen (secondary N) is 3. The summed E-state index contributed by atoms with van der Waals surface area (Å²) in [5.41, 5.74) is 0.714. The molecular formula is C16H25N3O3. The third-order valence-corrected chi connectivity index (χ3v) is 3.59. The number of urea groups is 1. The van der Waals surface area contributed by atoms with Crippen LogP contribution in [0.2, 0.25) is 0 Å². The number of carbonyl (C=O) groups excluding carboxylic acids is 1. The Morgan fingerprint density at radius 1 is 1.41 bits per heavy atom. The summed E-state index contributed by atoms with van der Waals surface area (Å²) in [5, 5.41) is 9.11. The van der Waals surface area contributed by atoms with Gasteiger partial charge in [0.15, 0.2) is 0 Å². The number of hydrogen-bond acceptors (Lipinski definition) is 4. The number of hydrogen-bond donors (Lipinski definition) is 3. The molecular weight excluding hydrogens is 282 g/mol. The Hall–Kier alpha value is -1.79. The zero-order valence-corrected chi connectivity index (χ0v) is 13.1. The van der Waals surface area contributed by atoms with Crippen molar-refractivity contribution in [2.24, 2.45) is 0 Å². The highest BCUT2D eigenvalue weighted by atomic mass is 16.5. The number of anilines is 1. The molecule has 1 atom stereocenters. The summed E-state index contributed by atoms with van der Waals surface area (Å²) >= 11 is 0. The second-order valence-electron chi connectivity index (χ2n) is 5.33. The van der Waals surface area contributed by atoms with E-state index in [1.807, 2.05) is 18.2 Å². The van der Waals surface area contributed by atoms with E-state index in [4.69, 9.17) is 9.47 Å². The summed E-state index contributed by atoms with van der Waals surface area (Å²) in [6, 6.07) is 7.68. The molecule has 0 saturated carbocycles. The molecule has 1 unspecified atom stereocenters. The van der Waals surface area contributed by atoms with E-state index in [9.17, 15) is 4.79 Å². The standard InChI is InChI=1S/C16H25N3O3/c1-21-10-11-22-15-6-2-4-14(12-15)19-16(20)18-9-7-13-5-3-8-17-13/h2,4,6,12-13,17H,3,5,7-11H2,1H3,(H2,18,19,20). The molecule has 3 N–H and O–H groups in total. The maximum absolute atomic E-state index is 11.9. The van der Waals surface area contributed by atoms with Crippen molar-refractivity contribution in [3.05, 3.63) is 24.3 Å². The average Bonchev–Trinajstić information content (AvgIpc) is 3.01. The number of rotatable bonds is 8. The van der Waals surface area contributed by atoms with Crippen molar-refractivity contribution < 1.29 is 14.3 Å². The minimum atomic E-state index is -0.188. The van der Waals surface area contributed by atoms with Gasteiger partial charge in [-0.1, -0.05) is 6.07 Å². The summed E-state index contributed by atoms with van der Waals surface area (Å²) in [6.45, 7) is 2.79. The van der Waals surface area contributed by atoms with Gasteiger partial charge in [0.2, 0.25) is 0 Å². The zero-order valence-electron chi connectivity index (χ0n) is 13.1. The minimum Gasteiger partial charge on any atom is -0.491 e. The highest BCUT2D eigenvalue weighted by Crippen LogP contribution is 2.17. The van der Waals surface area contributed by atoms with Crippen LogP contribution in [-0.2, 0) is 4.74 Å². The predicted molar refractivity (Wildman–Crippen MR) is 86.5 cm³/mol. The first kappa shape index (κ1) is 16.6. The van der Waals surface area contributed by atoms with Crippen LogP contribution in [0.4, 0.5) is 10.5 Å². The van der Waals surface area contributed by atoms with Crippen LogP contribution in [0.1, 0.15) is 19.3 Å². The Bertz CT molecular complexity index is 462. The molecule has 122 valence electrons. The third-order valence-electron chi connectivity index (χ3n) is 3.59. The Morgan fingerprint density at radius 2 is 2.32 bits per heavy atom. The smallest absolute Gasteiger partial charge is 0.319 e. The first-order valence-electron chi connectivity index (χ1n) is 7.78. The van der Waals surface area contributed by atoms with E-state index in [1.54, 1.807) is 13.2 Å². The Balaban J connectivity index is 1.69. The van der Waals surface area contributed by atoms with E-state index < -0.39 is 0 Å². The van der Waals surface area contributed by atoms with E-state index in [1.165, 1.54) is 12.8 Å². The van der Waals surface area contributed by atoms with Crippen molar-refractivity contribution >= 4 is 11.7 Å². The largest absolute Gasteiger partial charge is 0.491 e. The van der Waals surface area contributed by atoms with Gasteiger partial charge in [0.1, 0.15) is 12.4 Å². The highest BCUT2D eigenvalue weighted by Gasteiger charge is 2.13. The van der Waals surface area contributed by atoms with E-state index >= 15 is 0 Å². The van der Waals surface area contributed by atoms with Gasteiger partial charge in [-0.25, -0.2) is 4.79 Å². The van der Waals surface area contributed by atoms with Gasteiger partial charge in [0.25, 0.3) is 0 Å². The lowest BCUT2D eigenvalue weighted by Gasteiger charge is -2.12. The fourth-order valence-electron chi connectivity index (χ4n) is 2.44. The summed E-state index contributed by atoms with van der Waals surface area (Å²) in [5.74, 6) is 0.713. The fourth-order valence-corrected chi connectivity index (χ4v) is 2.44. The Labute approximate surface area is 131 Å². The van der Waals surface area contributed by atoms with Crippen LogP contribution in [0.5, 0.6) is 5.75 Å². The molecule has 6 heteroatoms. The van der Waals surface area contributed by atoms with Gasteiger partial charge < -0.3 is 25.4 Å². The average molecular weight is 307 g/mol. The van der Waals surface area contributed by atoms with Gasteiger partial charge >= 0.3 is 6.03 Å². The van der Waals surface area contributed by atoms with E-state index in [0.29, 0.717) is 37.2 Å². The minimum absolute atomic E-state index is 0.188. The molecule has 0 aliphatic carbocycles. The fraction of sp³-hybridized carbons (Fsp3) is 0.562. The van der Waals surface area contributed by atoms with Gasteiger partial charge in [-0.2, -0.15) is 0 Å². The van der Waals surface area contributed by atoms with Crippen LogP contribution in [-0.4, -0.2) is 45.5 Å². The van der Waals surface area contributed by atoms with Crippen LogP contribution in [0, 0.1) is 0 Å². The molecule has 0 spiro atoms. The molecule has 6 nitrogen and oxygen atoms in total. The van der Waals surface area contributed by atoms with Gasteiger partial charge in [0.05, 0.1) is 6.61 Å². The molecule has 0 bridgehead atoms. The van der Waals surface area contributed by atoms with Crippen molar-refractivity contribution in [2.45, 2.75) is 25.3 Å². The number of benzene rings is 1. The molecule has 1 saturated heterocycles. The van der Waals surface area contributed by atoms with Crippen molar-refractivity contribution in [3.8, 4) is 5.75 Å². The van der Waals surface area contributed by atoms with Crippen LogP contribution in [0.3, 0.4) is 0 Å². The van der Waals surface area contributed by atoms with Crippen molar-refractivity contribution in [2.75, 3.05) is 38.7 Å². The van der Waals surface area contributed by atoms with Gasteiger partial charge in [-0.15, -0.1) is 0 Å². The number of methoxy groups -OCH3 is 1. The number of carbonyl (C=O) groups is 1. The second-order valence-corrected chi connectivity index (χ2v) is 5.33. The van der Waals surface area contributed by atoms with Crippen LogP contribution < -0.4 is 20.7 Å². The van der Waals surface area contributed by atoms with E-state index in [2.05, 4.69) is 16.0 Å². The first-order chi connectivity index (χ1) is 10.8. The number of amides is 2. The van der Waals surface area contributed by atoms with E-state index in [0.717, 1.165) is 13.0 Å². The van der Waals surface area contributed by atoms with Crippen LogP contribution >= 0.6 is 0 Å². The Kier molecular flexibility index (Phi) is 6.99. The lowest BCUT2D eigenvalue weighted by molar-refractivity contribution is 0.146. The molecule has 2 rings (SSSR count). The molecule has 2 amide bonds. The van der Waals surface area contributed by atoms with Crippen molar-refractivity contribution in [3.63, 3.8) is 0 Å². The maximum Gasteiger partial charge on any atom is 0.319 e. The predicted octanol–water partition coefficient (Wildman–Crippen LogP) is 1.98. The molecule has 1 aromatic rings. The number of ether oxygens (including phenoxy) is 2. The molecule has 1 heterocycles. The maximum atomic E-state index is 11.9. The van der Waals surface area contributed by atoms with Gasteiger partial charge in [-0.05, 0) is 37.9 Å². The second kappa shape index (κ2) is 9.27. The molecule has 1 aromatic carbocycles. The van der Waals surface area contributed by atoms with Crippen LogP contribution in [0.25, 0.3) is 0 Å². The lowest BCUT2D eigenvalue weighted by Crippen LogP contribution is -2.33. The third kappa shape index (κ3) is 5.91. The summed E-state index contributed by atoms with van der Waals surface area (Å²) in [4.78, 5) is 11.9. The molecule has 22 heavy (non-hydrogen) atoms. The lowest BCUT2D eigenvalue weighted by atomic mass is 10.1. The Morgan fingerprint density at radius 3 is 3.09 bits per heavy atom. The monoisotopic (exact) mass is 307 g/mol. The summed E-state index contributed by atoms with van der Waals surface area (Å²) < 4.78 is 10.4. The van der Waals surface area contributed by atoms with E-state index in [-0.39, 0.29) is 6.03 Å². The summed E-state index contributed by atoms with van der Waals surface area (Å²) in [7, 11) is 1.63. The molecule has 1 fully saturated rings. The molecule has 0 radical (unpaired) electrons. The van der Waals surface area contributed by atoms with Gasteiger partial charge in [0, 0.05) is 31.5 Å². The molecule has 1 aliphatic heterocycles. The molecule has 0 aromatic heterocycles. The quantitative estimate of drug-likeness (QED) is 0.642. The SMILES string of the molecule is COCCOc1cccc(NC(=O)NCCC2CCCN2)c1. The topological polar surface area (TPSA) is 71.6 Å². The highest BCUT2D eigenvalue weighted by molar-refractivity contribution is 5.89. The van der Waals surface area contributed by atoms with Crippen molar-refractivity contribution in [1.82, 2.24) is 10.6 Å². The molecule has 1 aliphatic rings. The van der Waals surface area contributed by atoms with Crippen molar-refractivity contribution in [1.29, 1.82) is 0 Å². The zero-order chi connectivity index (χ0) is 15.6.